The first-order valence-corrected chi connectivity index (χ1v) is 11.1. The maximum atomic E-state index is 11.5. The van der Waals surface area contributed by atoms with Gasteiger partial charge in [-0.1, -0.05) is 76.4 Å². The van der Waals surface area contributed by atoms with Crippen LogP contribution < -0.4 is 4.84 Å². The van der Waals surface area contributed by atoms with Crippen molar-refractivity contribution in [1.29, 1.82) is 0 Å². The minimum atomic E-state index is -0.810. The summed E-state index contributed by atoms with van der Waals surface area (Å²) in [5.41, 5.74) is 0. The number of carbonyl (C=O) groups is 1. The van der Waals surface area contributed by atoms with E-state index in [0.717, 1.165) is 25.7 Å². The number of nitrogens with zero attached hydrogens (tertiary/aromatic N) is 1. The Hall–Kier alpha value is -2.35. The molecule has 0 fully saturated rings. The number of aromatic nitrogens is 1. The summed E-state index contributed by atoms with van der Waals surface area (Å²) in [6.07, 6.45) is 21.5. The van der Waals surface area contributed by atoms with Crippen LogP contribution in [-0.4, -0.2) is 20.9 Å². The zero-order chi connectivity index (χ0) is 21.2. The van der Waals surface area contributed by atoms with E-state index >= 15 is 0 Å². The summed E-state index contributed by atoms with van der Waals surface area (Å²) in [6.45, 7) is 2.26. The molecule has 5 nitrogen and oxygen atoms in total. The largest absolute Gasteiger partial charge is 0.492 e. The lowest BCUT2D eigenvalue weighted by Gasteiger charge is -2.02. The number of carbonyl (C=O) groups excluding carboxylic acids is 1. The van der Waals surface area contributed by atoms with Crippen LogP contribution in [0, 0.1) is 11.8 Å². The van der Waals surface area contributed by atoms with Crippen LogP contribution in [0.15, 0.2) is 24.3 Å². The molecule has 0 aromatic carbocycles. The molecular formula is C24H37NO4. The number of hydrogen-bond donors (Lipinski definition) is 2. The Kier molecular flexibility index (Phi) is 14.1. The molecule has 162 valence electrons. The molecule has 1 aromatic heterocycles. The molecule has 1 aromatic rings. The highest BCUT2D eigenvalue weighted by atomic mass is 16.7. The molecule has 0 radical (unpaired) electrons. The molecule has 0 aliphatic rings. The van der Waals surface area contributed by atoms with Gasteiger partial charge in [0.1, 0.15) is 0 Å². The zero-order valence-electron chi connectivity index (χ0n) is 17.9. The standard InChI is InChI=1S/C24H37NO4/c1-2-3-4-5-6-7-8-9-10-11-12-13-14-15-16-17-18-19-24(28)29-25-22(26)20-21-23(25)27/h11-12,20-21,26-27H,2-10,13-17H2,1H3. The lowest BCUT2D eigenvalue weighted by atomic mass is 10.1. The van der Waals surface area contributed by atoms with Gasteiger partial charge in [-0.05, 0) is 32.1 Å². The van der Waals surface area contributed by atoms with Crippen LogP contribution >= 0.6 is 0 Å². The van der Waals surface area contributed by atoms with E-state index < -0.39 is 5.97 Å². The minimum absolute atomic E-state index is 0.354. The fraction of sp³-hybridized carbons (Fsp3) is 0.625. The lowest BCUT2D eigenvalue weighted by molar-refractivity contribution is -0.138. The highest BCUT2D eigenvalue weighted by molar-refractivity contribution is 5.88. The molecule has 0 aliphatic heterocycles. The highest BCUT2D eigenvalue weighted by Crippen LogP contribution is 2.18. The molecule has 0 amide bonds. The average Bonchev–Trinajstić information content (AvgIpc) is 3.02. The van der Waals surface area contributed by atoms with Crippen LogP contribution in [0.3, 0.4) is 0 Å². The fourth-order valence-electron chi connectivity index (χ4n) is 3.02. The van der Waals surface area contributed by atoms with E-state index in [2.05, 4.69) is 30.9 Å². The second-order valence-electron chi connectivity index (χ2n) is 7.36. The van der Waals surface area contributed by atoms with Crippen LogP contribution in [0.5, 0.6) is 11.8 Å². The third-order valence-corrected chi connectivity index (χ3v) is 4.73. The molecule has 0 aliphatic carbocycles. The third-order valence-electron chi connectivity index (χ3n) is 4.73. The van der Waals surface area contributed by atoms with E-state index in [1.54, 1.807) is 0 Å². The lowest BCUT2D eigenvalue weighted by Crippen LogP contribution is -2.16. The molecular weight excluding hydrogens is 366 g/mol. The summed E-state index contributed by atoms with van der Waals surface area (Å²) >= 11 is 0. The van der Waals surface area contributed by atoms with Gasteiger partial charge in [-0.25, -0.2) is 4.79 Å². The molecule has 0 spiro atoms. The smallest absolute Gasteiger partial charge is 0.409 e. The van der Waals surface area contributed by atoms with Crippen molar-refractivity contribution in [2.75, 3.05) is 0 Å². The van der Waals surface area contributed by atoms with Crippen molar-refractivity contribution in [3.63, 3.8) is 0 Å². The zero-order valence-corrected chi connectivity index (χ0v) is 17.9. The van der Waals surface area contributed by atoms with Gasteiger partial charge >= 0.3 is 5.97 Å². The molecule has 29 heavy (non-hydrogen) atoms. The highest BCUT2D eigenvalue weighted by Gasteiger charge is 2.09. The van der Waals surface area contributed by atoms with Crippen molar-refractivity contribution < 1.29 is 19.8 Å². The van der Waals surface area contributed by atoms with Gasteiger partial charge in [0.2, 0.25) is 11.8 Å². The molecule has 2 N–H and O–H groups in total. The molecule has 0 saturated carbocycles. The molecule has 5 heteroatoms. The van der Waals surface area contributed by atoms with Crippen molar-refractivity contribution in [1.82, 2.24) is 4.73 Å². The first-order valence-electron chi connectivity index (χ1n) is 11.1. The Labute approximate surface area is 175 Å². The second-order valence-corrected chi connectivity index (χ2v) is 7.36. The van der Waals surface area contributed by atoms with Crippen LogP contribution in [0.1, 0.15) is 96.8 Å². The first kappa shape index (κ1) is 24.7. The number of hydrogen-bond acceptors (Lipinski definition) is 4. The number of aromatic hydroxyl groups is 2. The topological polar surface area (TPSA) is 71.7 Å². The number of rotatable bonds is 15. The Morgan fingerprint density at radius 2 is 1.41 bits per heavy atom. The average molecular weight is 404 g/mol. The Bertz CT molecular complexity index is 632. The maximum Gasteiger partial charge on any atom is 0.409 e. The number of unbranched alkanes of at least 4 members (excludes halogenated alkanes) is 12. The van der Waals surface area contributed by atoms with E-state index in [4.69, 9.17) is 4.84 Å². The van der Waals surface area contributed by atoms with Gasteiger partial charge in [0.15, 0.2) is 0 Å². The van der Waals surface area contributed by atoms with Crippen molar-refractivity contribution >= 4 is 5.97 Å². The van der Waals surface area contributed by atoms with Gasteiger partial charge in [-0.3, -0.25) is 0 Å². The minimum Gasteiger partial charge on any atom is -0.492 e. The van der Waals surface area contributed by atoms with Crippen LogP contribution in [0.25, 0.3) is 0 Å². The summed E-state index contributed by atoms with van der Waals surface area (Å²) in [6, 6.07) is 2.44. The molecule has 1 heterocycles. The van der Waals surface area contributed by atoms with Crippen LogP contribution in [0.2, 0.25) is 0 Å². The van der Waals surface area contributed by atoms with Crippen molar-refractivity contribution in [2.45, 2.75) is 96.8 Å². The van der Waals surface area contributed by atoms with Gasteiger partial charge in [0.25, 0.3) is 0 Å². The van der Waals surface area contributed by atoms with Crippen LogP contribution in [-0.2, 0) is 4.79 Å². The molecule has 1 rings (SSSR count). The van der Waals surface area contributed by atoms with E-state index in [-0.39, 0.29) is 11.8 Å². The van der Waals surface area contributed by atoms with Crippen molar-refractivity contribution in [3.05, 3.63) is 24.3 Å². The molecule has 0 bridgehead atoms. The maximum absolute atomic E-state index is 11.5. The summed E-state index contributed by atoms with van der Waals surface area (Å²) in [4.78, 5) is 16.3. The quantitative estimate of drug-likeness (QED) is 0.217. The second kappa shape index (κ2) is 16.6. The van der Waals surface area contributed by atoms with Crippen LogP contribution in [0.4, 0.5) is 0 Å². The SMILES string of the molecule is CCCCCCCCCCC=CCCCCCC#CC(=O)On1c(O)ccc1O. The van der Waals surface area contributed by atoms with E-state index in [1.807, 2.05) is 0 Å². The third kappa shape index (κ3) is 12.7. The van der Waals surface area contributed by atoms with E-state index in [0.29, 0.717) is 11.2 Å². The molecule has 0 saturated heterocycles. The summed E-state index contributed by atoms with van der Waals surface area (Å²) in [5, 5.41) is 18.7. The fourth-order valence-corrected chi connectivity index (χ4v) is 3.02. The summed E-state index contributed by atoms with van der Waals surface area (Å²) < 4.78 is 0.636. The Balaban J connectivity index is 1.93. The summed E-state index contributed by atoms with van der Waals surface area (Å²) in [7, 11) is 0. The predicted molar refractivity (Wildman–Crippen MR) is 117 cm³/mol. The van der Waals surface area contributed by atoms with Gasteiger partial charge in [0, 0.05) is 24.5 Å². The Morgan fingerprint density at radius 1 is 0.897 bits per heavy atom. The Morgan fingerprint density at radius 3 is 2.00 bits per heavy atom. The van der Waals surface area contributed by atoms with Crippen molar-refractivity contribution in [3.8, 4) is 23.6 Å². The normalized spacial score (nSPS) is 10.8. The monoisotopic (exact) mass is 403 g/mol. The summed E-state index contributed by atoms with van der Waals surface area (Å²) in [5.74, 6) is 3.60. The van der Waals surface area contributed by atoms with E-state index in [9.17, 15) is 15.0 Å². The van der Waals surface area contributed by atoms with E-state index in [1.165, 1.54) is 69.9 Å². The molecule has 0 atom stereocenters. The van der Waals surface area contributed by atoms with Gasteiger partial charge in [-0.15, -0.1) is 4.73 Å². The van der Waals surface area contributed by atoms with Gasteiger partial charge in [0.05, 0.1) is 0 Å². The number of allylic oxidation sites excluding steroid dienone is 2. The van der Waals surface area contributed by atoms with Gasteiger partial charge in [-0.2, -0.15) is 0 Å². The first-order chi connectivity index (χ1) is 14.1. The predicted octanol–water partition coefficient (Wildman–Crippen LogP) is 5.90. The van der Waals surface area contributed by atoms with Gasteiger partial charge < -0.3 is 15.1 Å². The molecule has 0 unspecified atom stereocenters. The van der Waals surface area contributed by atoms with Crippen molar-refractivity contribution in [2.24, 2.45) is 0 Å².